The second-order valence-corrected chi connectivity index (χ2v) is 7.57. The lowest BCUT2D eigenvalue weighted by Gasteiger charge is -2.19. The van der Waals surface area contributed by atoms with Crippen LogP contribution in [0.15, 0.2) is 22.2 Å². The van der Waals surface area contributed by atoms with Crippen LogP contribution in [0.1, 0.15) is 29.3 Å². The number of halogens is 1. The number of carbonyl (C=O) groups excluding carboxylic acids is 1. The number of nitrogens with zero attached hydrogens (tertiary/aromatic N) is 1. The van der Waals surface area contributed by atoms with Gasteiger partial charge in [0.05, 0.1) is 34.7 Å². The van der Waals surface area contributed by atoms with E-state index in [0.29, 0.717) is 0 Å². The summed E-state index contributed by atoms with van der Waals surface area (Å²) in [6.45, 7) is 1.65. The molecule has 1 unspecified atom stereocenters. The van der Waals surface area contributed by atoms with Crippen LogP contribution in [0.5, 0.6) is 0 Å². The van der Waals surface area contributed by atoms with Gasteiger partial charge < -0.3 is 14.3 Å². The number of methoxy groups -OCH3 is 2. The second kappa shape index (κ2) is 6.10. The molecule has 23 heavy (non-hydrogen) atoms. The number of sulfone groups is 1. The van der Waals surface area contributed by atoms with Crippen molar-refractivity contribution in [3.8, 4) is 0 Å². The molecule has 7 nitrogen and oxygen atoms in total. The van der Waals surface area contributed by atoms with E-state index in [2.05, 4.69) is 9.89 Å². The Morgan fingerprint density at radius 3 is 2.52 bits per heavy atom. The largest absolute Gasteiger partial charge is 0.465 e. The number of benzene rings is 1. The molecule has 1 aliphatic heterocycles. The predicted molar refractivity (Wildman–Crippen MR) is 83.6 cm³/mol. The van der Waals surface area contributed by atoms with Crippen LogP contribution >= 0.6 is 11.6 Å². The number of hydrogen-bond donors (Lipinski definition) is 0. The lowest BCUT2D eigenvalue weighted by atomic mass is 10.0. The van der Waals surface area contributed by atoms with E-state index < -0.39 is 21.6 Å². The van der Waals surface area contributed by atoms with Crippen molar-refractivity contribution in [2.24, 2.45) is 5.16 Å². The molecule has 1 atom stereocenters. The van der Waals surface area contributed by atoms with Crippen molar-refractivity contribution in [3.63, 3.8) is 0 Å². The minimum Gasteiger partial charge on any atom is -0.465 e. The van der Waals surface area contributed by atoms with Gasteiger partial charge in [-0.1, -0.05) is 16.8 Å². The summed E-state index contributed by atoms with van der Waals surface area (Å²) in [5, 5.41) is 3.83. The van der Waals surface area contributed by atoms with Crippen molar-refractivity contribution in [1.82, 2.24) is 0 Å². The Morgan fingerprint density at radius 2 is 2.04 bits per heavy atom. The van der Waals surface area contributed by atoms with Gasteiger partial charge in [-0.05, 0) is 12.1 Å². The summed E-state index contributed by atoms with van der Waals surface area (Å²) in [7, 11) is -0.944. The number of carbonyl (C=O) groups is 1. The van der Waals surface area contributed by atoms with Gasteiger partial charge in [-0.2, -0.15) is 0 Å². The summed E-state index contributed by atoms with van der Waals surface area (Å²) in [4.78, 5) is 17.0. The third-order valence-corrected chi connectivity index (χ3v) is 5.00. The van der Waals surface area contributed by atoms with Crippen LogP contribution in [0.3, 0.4) is 0 Å². The number of oxime groups is 1. The van der Waals surface area contributed by atoms with E-state index in [-0.39, 0.29) is 33.2 Å². The van der Waals surface area contributed by atoms with Crippen molar-refractivity contribution >= 4 is 33.1 Å². The fourth-order valence-electron chi connectivity index (χ4n) is 2.17. The van der Waals surface area contributed by atoms with Crippen molar-refractivity contribution < 1.29 is 27.5 Å². The zero-order valence-corrected chi connectivity index (χ0v) is 14.6. The lowest BCUT2D eigenvalue weighted by molar-refractivity contribution is -0.192. The Morgan fingerprint density at radius 1 is 1.39 bits per heavy atom. The fraction of sp³-hybridized carbons (Fsp3) is 0.429. The van der Waals surface area contributed by atoms with Crippen LogP contribution in [0.2, 0.25) is 5.02 Å². The van der Waals surface area contributed by atoms with Crippen LogP contribution in [0.25, 0.3) is 0 Å². The van der Waals surface area contributed by atoms with E-state index in [0.717, 1.165) is 6.26 Å². The SMILES string of the molecule is COC(=O)c1ccc(S(C)(=O)=O)c(C2=NOC(C)(OC)C2)c1Cl. The minimum absolute atomic E-state index is 0.0437. The zero-order chi connectivity index (χ0) is 17.4. The number of hydrogen-bond acceptors (Lipinski definition) is 7. The summed E-state index contributed by atoms with van der Waals surface area (Å²) in [5.41, 5.74) is 0.452. The van der Waals surface area contributed by atoms with E-state index in [4.69, 9.17) is 21.2 Å². The Hall–Kier alpha value is -1.64. The second-order valence-electron chi connectivity index (χ2n) is 5.21. The summed E-state index contributed by atoms with van der Waals surface area (Å²) in [6.07, 6.45) is 1.22. The maximum atomic E-state index is 12.0. The van der Waals surface area contributed by atoms with E-state index in [1.807, 2.05) is 0 Å². The molecule has 9 heteroatoms. The molecule has 0 saturated heterocycles. The number of ether oxygens (including phenoxy) is 2. The minimum atomic E-state index is -3.60. The fourth-order valence-corrected chi connectivity index (χ4v) is 3.48. The molecular weight excluding hydrogens is 346 g/mol. The molecule has 0 saturated carbocycles. The molecule has 1 aromatic rings. The van der Waals surface area contributed by atoms with Gasteiger partial charge in [-0.15, -0.1) is 0 Å². The van der Waals surface area contributed by atoms with Gasteiger partial charge in [0.15, 0.2) is 9.84 Å². The first kappa shape index (κ1) is 17.7. The van der Waals surface area contributed by atoms with Gasteiger partial charge >= 0.3 is 5.97 Å². The van der Waals surface area contributed by atoms with Crippen LogP contribution in [0, 0.1) is 0 Å². The first-order valence-electron chi connectivity index (χ1n) is 6.54. The zero-order valence-electron chi connectivity index (χ0n) is 13.0. The Balaban J connectivity index is 2.67. The maximum Gasteiger partial charge on any atom is 0.339 e. The Kier molecular flexibility index (Phi) is 4.70. The van der Waals surface area contributed by atoms with E-state index in [1.54, 1.807) is 6.92 Å². The highest BCUT2D eigenvalue weighted by Gasteiger charge is 2.38. The number of rotatable bonds is 4. The predicted octanol–water partition coefficient (Wildman–Crippen LogP) is 2.02. The molecule has 1 heterocycles. The normalized spacial score (nSPS) is 20.8. The van der Waals surface area contributed by atoms with Crippen molar-refractivity contribution in [1.29, 1.82) is 0 Å². The summed E-state index contributed by atoms with van der Waals surface area (Å²) in [5.74, 6) is -1.69. The van der Waals surface area contributed by atoms with E-state index in [9.17, 15) is 13.2 Å². The standard InChI is InChI=1S/C14H16ClNO6S/c1-14(21-3)7-9(16-22-14)11-10(23(4,18)19)6-5-8(12(11)15)13(17)20-2/h5-6H,7H2,1-4H3. The van der Waals surface area contributed by atoms with Crippen LogP contribution in [-0.4, -0.2) is 46.4 Å². The van der Waals surface area contributed by atoms with Crippen LogP contribution in [0.4, 0.5) is 0 Å². The lowest BCUT2D eigenvalue weighted by Crippen LogP contribution is -2.27. The molecule has 126 valence electrons. The molecule has 0 aliphatic carbocycles. The molecule has 0 bridgehead atoms. The molecule has 0 aromatic heterocycles. The van der Waals surface area contributed by atoms with E-state index in [1.165, 1.54) is 26.4 Å². The van der Waals surface area contributed by atoms with Crippen molar-refractivity contribution in [2.45, 2.75) is 24.0 Å². The van der Waals surface area contributed by atoms with Crippen molar-refractivity contribution in [3.05, 3.63) is 28.3 Å². The average Bonchev–Trinajstić information content (AvgIpc) is 2.88. The van der Waals surface area contributed by atoms with Crippen LogP contribution < -0.4 is 0 Å². The molecule has 0 N–H and O–H groups in total. The van der Waals surface area contributed by atoms with Crippen LogP contribution in [-0.2, 0) is 24.1 Å². The van der Waals surface area contributed by atoms with Gasteiger partial charge in [0.2, 0.25) is 5.79 Å². The summed E-state index contributed by atoms with van der Waals surface area (Å²) >= 11 is 6.27. The highest BCUT2D eigenvalue weighted by atomic mass is 35.5. The smallest absolute Gasteiger partial charge is 0.339 e. The summed E-state index contributed by atoms with van der Waals surface area (Å²) in [6, 6.07) is 2.60. The molecule has 0 fully saturated rings. The first-order valence-corrected chi connectivity index (χ1v) is 8.81. The quantitative estimate of drug-likeness (QED) is 0.762. The Bertz CT molecular complexity index is 789. The average molecular weight is 362 g/mol. The topological polar surface area (TPSA) is 91.3 Å². The first-order chi connectivity index (χ1) is 10.6. The van der Waals surface area contributed by atoms with Crippen molar-refractivity contribution in [2.75, 3.05) is 20.5 Å². The van der Waals surface area contributed by atoms with Gasteiger partial charge in [0.25, 0.3) is 0 Å². The molecule has 0 radical (unpaired) electrons. The van der Waals surface area contributed by atoms with E-state index >= 15 is 0 Å². The van der Waals surface area contributed by atoms with Gasteiger partial charge in [-0.3, -0.25) is 0 Å². The Labute approximate surface area is 139 Å². The third-order valence-electron chi connectivity index (χ3n) is 3.47. The molecule has 1 aromatic carbocycles. The number of esters is 1. The highest BCUT2D eigenvalue weighted by Crippen LogP contribution is 2.35. The van der Waals surface area contributed by atoms with Gasteiger partial charge in [0.1, 0.15) is 0 Å². The molecule has 1 aliphatic rings. The highest BCUT2D eigenvalue weighted by molar-refractivity contribution is 7.90. The monoisotopic (exact) mass is 361 g/mol. The molecular formula is C14H16ClNO6S. The molecule has 0 amide bonds. The molecule has 2 rings (SSSR count). The maximum absolute atomic E-state index is 12.0. The van der Waals surface area contributed by atoms with Gasteiger partial charge in [0, 0.05) is 25.9 Å². The molecule has 0 spiro atoms. The van der Waals surface area contributed by atoms with Gasteiger partial charge in [-0.25, -0.2) is 13.2 Å². The summed E-state index contributed by atoms with van der Waals surface area (Å²) < 4.78 is 33.9. The third kappa shape index (κ3) is 3.34.